The SMILES string of the molecule is CN1C(=O)C(NC(=O)c2n[nH]c(Cc3ccccc3)n2)COc2ccc(C#C[C@H]3COC4(C)[C@@H](O)CO[C@]34C)cc21. The molecule has 0 spiro atoms. The molecular formula is C30H31N5O6. The third-order valence-electron chi connectivity index (χ3n) is 8.38. The first-order valence-corrected chi connectivity index (χ1v) is 13.5. The summed E-state index contributed by atoms with van der Waals surface area (Å²) in [4.78, 5) is 31.9. The topological polar surface area (TPSA) is 139 Å². The number of nitrogens with zero attached hydrogens (tertiary/aromatic N) is 3. The van der Waals surface area contributed by atoms with Crippen molar-refractivity contribution < 1.29 is 28.9 Å². The third kappa shape index (κ3) is 4.74. The summed E-state index contributed by atoms with van der Waals surface area (Å²) in [5, 5.41) is 19.9. The number of likely N-dealkylation sites (N-methyl/N-ethyl adjacent to an activating group) is 1. The molecule has 3 aliphatic rings. The Labute approximate surface area is 237 Å². The Hall–Kier alpha value is -4.24. The second-order valence-electron chi connectivity index (χ2n) is 10.9. The zero-order valence-electron chi connectivity index (χ0n) is 23.0. The van der Waals surface area contributed by atoms with Crippen molar-refractivity contribution in [1.29, 1.82) is 0 Å². The van der Waals surface area contributed by atoms with E-state index in [1.165, 1.54) is 4.90 Å². The Balaban J connectivity index is 1.14. The number of nitrogens with one attached hydrogen (secondary N) is 2. The molecule has 41 heavy (non-hydrogen) atoms. The molecule has 6 rings (SSSR count). The lowest BCUT2D eigenvalue weighted by atomic mass is 9.78. The van der Waals surface area contributed by atoms with Crippen LogP contribution >= 0.6 is 0 Å². The maximum atomic E-state index is 13.3. The highest BCUT2D eigenvalue weighted by molar-refractivity contribution is 6.02. The fourth-order valence-corrected chi connectivity index (χ4v) is 5.50. The second-order valence-corrected chi connectivity index (χ2v) is 10.9. The lowest BCUT2D eigenvalue weighted by Gasteiger charge is -2.34. The quantitative estimate of drug-likeness (QED) is 0.410. The number of carbonyl (C=O) groups is 2. The van der Waals surface area contributed by atoms with E-state index in [-0.39, 0.29) is 30.9 Å². The number of amides is 2. The van der Waals surface area contributed by atoms with Crippen molar-refractivity contribution in [3.63, 3.8) is 0 Å². The number of hydrogen-bond acceptors (Lipinski definition) is 8. The van der Waals surface area contributed by atoms with Crippen LogP contribution in [-0.2, 0) is 20.7 Å². The van der Waals surface area contributed by atoms with Gasteiger partial charge >= 0.3 is 0 Å². The van der Waals surface area contributed by atoms with Gasteiger partial charge in [0.05, 0.1) is 24.8 Å². The van der Waals surface area contributed by atoms with E-state index in [9.17, 15) is 14.7 Å². The number of aromatic amines is 1. The molecule has 2 fully saturated rings. The van der Waals surface area contributed by atoms with Crippen LogP contribution in [0.15, 0.2) is 48.5 Å². The number of aliphatic hydroxyl groups is 1. The number of anilines is 1. The van der Waals surface area contributed by atoms with Crippen LogP contribution in [0.3, 0.4) is 0 Å². The monoisotopic (exact) mass is 557 g/mol. The van der Waals surface area contributed by atoms with Gasteiger partial charge in [-0.25, -0.2) is 4.98 Å². The van der Waals surface area contributed by atoms with Crippen LogP contribution in [0.25, 0.3) is 0 Å². The van der Waals surface area contributed by atoms with Crippen LogP contribution in [0.5, 0.6) is 5.75 Å². The molecule has 2 unspecified atom stereocenters. The molecule has 1 aromatic heterocycles. The smallest absolute Gasteiger partial charge is 0.291 e. The van der Waals surface area contributed by atoms with Gasteiger partial charge < -0.3 is 29.5 Å². The minimum atomic E-state index is -0.940. The number of fused-ring (bicyclic) bond motifs is 2. The van der Waals surface area contributed by atoms with Crippen molar-refractivity contribution in [2.75, 3.05) is 31.8 Å². The fraction of sp³-hybridized carbons (Fsp3) is 0.400. The van der Waals surface area contributed by atoms with Gasteiger partial charge in [-0.1, -0.05) is 42.2 Å². The Kier molecular flexibility index (Phi) is 6.77. The number of aliphatic hydroxyl groups excluding tert-OH is 1. The van der Waals surface area contributed by atoms with Crippen molar-refractivity contribution >= 4 is 17.5 Å². The average molecular weight is 558 g/mol. The van der Waals surface area contributed by atoms with E-state index >= 15 is 0 Å². The first kappa shape index (κ1) is 27.0. The van der Waals surface area contributed by atoms with Gasteiger partial charge in [-0.2, -0.15) is 0 Å². The zero-order valence-corrected chi connectivity index (χ0v) is 23.0. The molecule has 3 aliphatic heterocycles. The van der Waals surface area contributed by atoms with Gasteiger partial charge in [0.2, 0.25) is 5.82 Å². The number of carbonyl (C=O) groups excluding carboxylic acids is 2. The summed E-state index contributed by atoms with van der Waals surface area (Å²) in [6.45, 7) is 4.28. The number of benzene rings is 2. The molecule has 3 aromatic rings. The van der Waals surface area contributed by atoms with Gasteiger partial charge in [0.1, 0.15) is 41.5 Å². The molecule has 3 N–H and O–H groups in total. The van der Waals surface area contributed by atoms with E-state index in [0.717, 1.165) is 5.56 Å². The number of aromatic nitrogens is 3. The molecule has 0 radical (unpaired) electrons. The molecule has 5 atom stereocenters. The molecule has 2 aromatic carbocycles. The highest BCUT2D eigenvalue weighted by atomic mass is 16.6. The van der Waals surface area contributed by atoms with Gasteiger partial charge in [0, 0.05) is 19.0 Å². The highest BCUT2D eigenvalue weighted by Gasteiger charge is 2.64. The fourth-order valence-electron chi connectivity index (χ4n) is 5.50. The van der Waals surface area contributed by atoms with Gasteiger partial charge in [0.15, 0.2) is 0 Å². The molecule has 2 amide bonds. The van der Waals surface area contributed by atoms with Crippen LogP contribution in [-0.4, -0.2) is 82.3 Å². The summed E-state index contributed by atoms with van der Waals surface area (Å²) in [6, 6.07) is 14.1. The van der Waals surface area contributed by atoms with E-state index < -0.39 is 29.3 Å². The standard InChI is InChI=1S/C30H31N5O6/c1-29-20(15-40-30(29,2)24(36)17-41-29)11-9-19-10-12-23-22(13-19)35(3)28(38)21(16-39-23)31-27(37)26-32-25(33-34-26)14-18-7-5-4-6-8-18/h4-8,10,12-13,20-21,24,36H,14-17H2,1-3H3,(H,31,37)(H,32,33,34)/t20-,21?,24-,29+,30?/m0/s1. The second kappa shape index (κ2) is 10.3. The molecule has 0 aliphatic carbocycles. The maximum Gasteiger partial charge on any atom is 0.291 e. The molecule has 11 nitrogen and oxygen atoms in total. The van der Waals surface area contributed by atoms with Gasteiger partial charge in [-0.15, -0.1) is 5.10 Å². The van der Waals surface area contributed by atoms with E-state index in [0.29, 0.717) is 35.9 Å². The van der Waals surface area contributed by atoms with Crippen LogP contribution < -0.4 is 15.0 Å². The number of H-pyrrole nitrogens is 1. The normalized spacial score (nSPS) is 28.6. The summed E-state index contributed by atoms with van der Waals surface area (Å²) in [5.41, 5.74) is 0.707. The molecule has 0 bridgehead atoms. The van der Waals surface area contributed by atoms with Crippen LogP contribution in [0.1, 0.15) is 41.4 Å². The van der Waals surface area contributed by atoms with Crippen LogP contribution in [0.4, 0.5) is 5.69 Å². The lowest BCUT2D eigenvalue weighted by Crippen LogP contribution is -2.51. The maximum absolute atomic E-state index is 13.3. The van der Waals surface area contributed by atoms with Gasteiger partial charge in [-0.05, 0) is 37.6 Å². The summed E-state index contributed by atoms with van der Waals surface area (Å²) in [7, 11) is 1.63. The van der Waals surface area contributed by atoms with Crippen molar-refractivity contribution in [2.45, 2.75) is 43.6 Å². The van der Waals surface area contributed by atoms with E-state index in [1.54, 1.807) is 19.2 Å². The summed E-state index contributed by atoms with van der Waals surface area (Å²) >= 11 is 0. The van der Waals surface area contributed by atoms with E-state index in [4.69, 9.17) is 14.2 Å². The molecule has 2 saturated heterocycles. The van der Waals surface area contributed by atoms with Gasteiger partial charge in [0.25, 0.3) is 11.8 Å². The highest BCUT2D eigenvalue weighted by Crippen LogP contribution is 2.49. The summed E-state index contributed by atoms with van der Waals surface area (Å²) in [5.74, 6) is 6.25. The number of rotatable bonds is 4. The molecular weight excluding hydrogens is 526 g/mol. The number of hydrogen-bond donors (Lipinski definition) is 3. The predicted molar refractivity (Wildman–Crippen MR) is 147 cm³/mol. The van der Waals surface area contributed by atoms with Crippen molar-refractivity contribution in [1.82, 2.24) is 20.5 Å². The molecule has 4 heterocycles. The Morgan fingerprint density at radius 1 is 1.15 bits per heavy atom. The predicted octanol–water partition coefficient (Wildman–Crippen LogP) is 1.46. The van der Waals surface area contributed by atoms with E-state index in [2.05, 4.69) is 32.3 Å². The summed E-state index contributed by atoms with van der Waals surface area (Å²) in [6.07, 6.45) is -0.214. The molecule has 0 saturated carbocycles. The molecule has 11 heteroatoms. The molecule has 212 valence electrons. The minimum Gasteiger partial charge on any atom is -0.489 e. The average Bonchev–Trinajstić information content (AvgIpc) is 3.59. The van der Waals surface area contributed by atoms with Crippen molar-refractivity contribution in [2.24, 2.45) is 5.92 Å². The van der Waals surface area contributed by atoms with Crippen molar-refractivity contribution in [3.05, 3.63) is 71.3 Å². The van der Waals surface area contributed by atoms with Crippen molar-refractivity contribution in [3.8, 4) is 17.6 Å². The van der Waals surface area contributed by atoms with Crippen LogP contribution in [0.2, 0.25) is 0 Å². The zero-order chi connectivity index (χ0) is 28.8. The first-order valence-electron chi connectivity index (χ1n) is 13.5. The summed E-state index contributed by atoms with van der Waals surface area (Å²) < 4.78 is 17.8. The Morgan fingerprint density at radius 2 is 1.93 bits per heavy atom. The first-order chi connectivity index (χ1) is 19.7. The van der Waals surface area contributed by atoms with Crippen LogP contribution in [0, 0.1) is 17.8 Å². The number of ether oxygens (including phenoxy) is 3. The van der Waals surface area contributed by atoms with E-state index in [1.807, 2.05) is 50.2 Å². The van der Waals surface area contributed by atoms with Gasteiger partial charge in [-0.3, -0.25) is 14.7 Å². The third-order valence-corrected chi connectivity index (χ3v) is 8.38. The lowest BCUT2D eigenvalue weighted by molar-refractivity contribution is -0.120. The Bertz CT molecular complexity index is 1550. The Morgan fingerprint density at radius 3 is 2.73 bits per heavy atom. The largest absolute Gasteiger partial charge is 0.489 e. The minimum absolute atomic E-state index is 0.0508.